The summed E-state index contributed by atoms with van der Waals surface area (Å²) in [4.78, 5) is 10.5. The highest BCUT2D eigenvalue weighted by molar-refractivity contribution is 5.66. The Bertz CT molecular complexity index is 95.7. The third-order valence-corrected chi connectivity index (χ3v) is 0.903. The molecule has 10 heavy (non-hydrogen) atoms. The molecule has 0 aromatic rings. The van der Waals surface area contributed by atoms with E-state index in [9.17, 15) is 4.79 Å². The summed E-state index contributed by atoms with van der Waals surface area (Å²) < 4.78 is 4.69. The SMILES string of the molecule is CCNC(=O)OCCCN. The number of hydrogen-bond donors (Lipinski definition) is 2. The summed E-state index contributed by atoms with van der Waals surface area (Å²) in [5, 5.41) is 2.50. The van der Waals surface area contributed by atoms with Crippen LogP contribution in [0.3, 0.4) is 0 Å². The predicted molar refractivity (Wildman–Crippen MR) is 38.7 cm³/mol. The average Bonchev–Trinajstić information content (AvgIpc) is 1.89. The molecule has 0 spiro atoms. The summed E-state index contributed by atoms with van der Waals surface area (Å²) in [6.45, 7) is 3.40. The van der Waals surface area contributed by atoms with Crippen LogP contribution in [0.2, 0.25) is 0 Å². The van der Waals surface area contributed by atoms with Gasteiger partial charge in [0, 0.05) is 6.54 Å². The van der Waals surface area contributed by atoms with E-state index >= 15 is 0 Å². The summed E-state index contributed by atoms with van der Waals surface area (Å²) in [5.41, 5.74) is 5.18. The number of alkyl carbamates (subject to hydrolysis) is 1. The van der Waals surface area contributed by atoms with E-state index in [1.807, 2.05) is 6.92 Å². The van der Waals surface area contributed by atoms with Gasteiger partial charge in [-0.1, -0.05) is 0 Å². The molecule has 0 heterocycles. The fourth-order valence-corrected chi connectivity index (χ4v) is 0.444. The van der Waals surface area contributed by atoms with Gasteiger partial charge in [0.15, 0.2) is 0 Å². The maximum atomic E-state index is 10.5. The molecule has 0 aromatic heterocycles. The van der Waals surface area contributed by atoms with Gasteiger partial charge in [0.1, 0.15) is 0 Å². The Morgan fingerprint density at radius 2 is 2.40 bits per heavy atom. The van der Waals surface area contributed by atoms with Crippen molar-refractivity contribution in [3.8, 4) is 0 Å². The second-order valence-corrected chi connectivity index (χ2v) is 1.81. The van der Waals surface area contributed by atoms with Crippen LogP contribution in [-0.4, -0.2) is 25.8 Å². The minimum absolute atomic E-state index is 0.365. The van der Waals surface area contributed by atoms with Gasteiger partial charge < -0.3 is 15.8 Å². The van der Waals surface area contributed by atoms with Crippen LogP contribution >= 0.6 is 0 Å². The van der Waals surface area contributed by atoms with Crippen LogP contribution in [-0.2, 0) is 4.74 Å². The largest absolute Gasteiger partial charge is 0.450 e. The van der Waals surface area contributed by atoms with Crippen molar-refractivity contribution in [3.63, 3.8) is 0 Å². The summed E-state index contributed by atoms with van der Waals surface area (Å²) in [6.07, 6.45) is 0.355. The van der Waals surface area contributed by atoms with Crippen molar-refractivity contribution >= 4 is 6.09 Å². The molecule has 3 N–H and O–H groups in total. The lowest BCUT2D eigenvalue weighted by molar-refractivity contribution is 0.146. The normalized spacial score (nSPS) is 9.00. The molecule has 0 saturated heterocycles. The Morgan fingerprint density at radius 1 is 1.70 bits per heavy atom. The molecule has 60 valence electrons. The number of amides is 1. The molecule has 0 unspecified atom stereocenters. The van der Waals surface area contributed by atoms with E-state index in [2.05, 4.69) is 5.32 Å². The van der Waals surface area contributed by atoms with Crippen LogP contribution in [0.4, 0.5) is 4.79 Å². The second-order valence-electron chi connectivity index (χ2n) is 1.81. The van der Waals surface area contributed by atoms with Gasteiger partial charge in [-0.2, -0.15) is 0 Å². The monoisotopic (exact) mass is 146 g/mol. The third kappa shape index (κ3) is 5.37. The number of ether oxygens (including phenoxy) is 1. The molecule has 0 atom stereocenters. The standard InChI is InChI=1S/C6H14N2O2/c1-2-8-6(9)10-5-3-4-7/h2-5,7H2,1H3,(H,8,9). The van der Waals surface area contributed by atoms with Crippen LogP contribution in [0, 0.1) is 0 Å². The Kier molecular flexibility index (Phi) is 5.86. The number of nitrogens with two attached hydrogens (primary N) is 1. The minimum Gasteiger partial charge on any atom is -0.450 e. The second kappa shape index (κ2) is 6.35. The third-order valence-electron chi connectivity index (χ3n) is 0.903. The fraction of sp³-hybridized carbons (Fsp3) is 0.833. The molecule has 0 rings (SSSR count). The van der Waals surface area contributed by atoms with Gasteiger partial charge in [-0.15, -0.1) is 0 Å². The van der Waals surface area contributed by atoms with Gasteiger partial charge in [-0.25, -0.2) is 4.79 Å². The molecule has 0 aliphatic carbocycles. The quantitative estimate of drug-likeness (QED) is 0.552. The highest BCUT2D eigenvalue weighted by Gasteiger charge is 1.95. The van der Waals surface area contributed by atoms with E-state index in [-0.39, 0.29) is 6.09 Å². The highest BCUT2D eigenvalue weighted by Crippen LogP contribution is 1.80. The highest BCUT2D eigenvalue weighted by atomic mass is 16.5. The molecule has 4 heteroatoms. The van der Waals surface area contributed by atoms with Crippen molar-refractivity contribution in [1.29, 1.82) is 0 Å². The molecule has 1 amide bonds. The molecule has 0 aliphatic heterocycles. The van der Waals surface area contributed by atoms with Crippen LogP contribution < -0.4 is 11.1 Å². The van der Waals surface area contributed by atoms with Gasteiger partial charge in [-0.05, 0) is 19.9 Å². The van der Waals surface area contributed by atoms with E-state index < -0.39 is 0 Å². The smallest absolute Gasteiger partial charge is 0.407 e. The molecular formula is C6H14N2O2. The first-order chi connectivity index (χ1) is 4.81. The number of carbonyl (C=O) groups is 1. The molecule has 0 aliphatic rings. The van der Waals surface area contributed by atoms with Crippen molar-refractivity contribution in [3.05, 3.63) is 0 Å². The Labute approximate surface area is 60.7 Å². The first-order valence-corrected chi connectivity index (χ1v) is 3.42. The van der Waals surface area contributed by atoms with E-state index in [0.29, 0.717) is 19.7 Å². The maximum Gasteiger partial charge on any atom is 0.407 e. The van der Waals surface area contributed by atoms with Crippen LogP contribution in [0.25, 0.3) is 0 Å². The van der Waals surface area contributed by atoms with E-state index in [4.69, 9.17) is 10.5 Å². The Hall–Kier alpha value is -0.770. The van der Waals surface area contributed by atoms with Crippen molar-refractivity contribution in [2.24, 2.45) is 5.73 Å². The number of carbonyl (C=O) groups excluding carboxylic acids is 1. The summed E-state index contributed by atoms with van der Waals surface area (Å²) in [7, 11) is 0. The van der Waals surface area contributed by atoms with Crippen molar-refractivity contribution in [2.75, 3.05) is 19.7 Å². The first kappa shape index (κ1) is 9.23. The Balaban J connectivity index is 3.05. The molecule has 0 fully saturated rings. The Morgan fingerprint density at radius 3 is 2.90 bits per heavy atom. The molecule has 0 aromatic carbocycles. The van der Waals surface area contributed by atoms with E-state index in [0.717, 1.165) is 6.42 Å². The van der Waals surface area contributed by atoms with Crippen LogP contribution in [0.5, 0.6) is 0 Å². The zero-order valence-electron chi connectivity index (χ0n) is 6.22. The number of rotatable bonds is 4. The van der Waals surface area contributed by atoms with Crippen molar-refractivity contribution < 1.29 is 9.53 Å². The lowest BCUT2D eigenvalue weighted by Gasteiger charge is -2.02. The predicted octanol–water partition coefficient (Wildman–Crippen LogP) is 0.0813. The fourth-order valence-electron chi connectivity index (χ4n) is 0.444. The van der Waals surface area contributed by atoms with Gasteiger partial charge in [0.05, 0.1) is 6.61 Å². The maximum absolute atomic E-state index is 10.5. The first-order valence-electron chi connectivity index (χ1n) is 3.42. The number of nitrogens with one attached hydrogen (secondary N) is 1. The lowest BCUT2D eigenvalue weighted by Crippen LogP contribution is -2.24. The van der Waals surface area contributed by atoms with Gasteiger partial charge in [-0.3, -0.25) is 0 Å². The minimum atomic E-state index is -0.365. The van der Waals surface area contributed by atoms with Crippen LogP contribution in [0.15, 0.2) is 0 Å². The summed E-state index contributed by atoms with van der Waals surface area (Å²) >= 11 is 0. The average molecular weight is 146 g/mol. The summed E-state index contributed by atoms with van der Waals surface area (Å²) in [5.74, 6) is 0. The molecule has 0 radical (unpaired) electrons. The zero-order valence-corrected chi connectivity index (χ0v) is 6.22. The van der Waals surface area contributed by atoms with E-state index in [1.165, 1.54) is 0 Å². The zero-order chi connectivity index (χ0) is 7.82. The van der Waals surface area contributed by atoms with Crippen molar-refractivity contribution in [2.45, 2.75) is 13.3 Å². The summed E-state index contributed by atoms with van der Waals surface area (Å²) in [6, 6.07) is 0. The van der Waals surface area contributed by atoms with E-state index in [1.54, 1.807) is 0 Å². The van der Waals surface area contributed by atoms with Crippen LogP contribution in [0.1, 0.15) is 13.3 Å². The van der Waals surface area contributed by atoms with Gasteiger partial charge in [0.25, 0.3) is 0 Å². The number of hydrogen-bond acceptors (Lipinski definition) is 3. The molecule has 0 saturated carbocycles. The lowest BCUT2D eigenvalue weighted by atomic mass is 10.5. The van der Waals surface area contributed by atoms with Gasteiger partial charge in [0.2, 0.25) is 0 Å². The van der Waals surface area contributed by atoms with Gasteiger partial charge >= 0.3 is 6.09 Å². The topological polar surface area (TPSA) is 64.3 Å². The molecular weight excluding hydrogens is 132 g/mol. The molecule has 0 bridgehead atoms. The molecule has 4 nitrogen and oxygen atoms in total. The van der Waals surface area contributed by atoms with Crippen molar-refractivity contribution in [1.82, 2.24) is 5.32 Å².